The molecule has 1 nitrogen and oxygen atoms in total. The van der Waals surface area contributed by atoms with Gasteiger partial charge < -0.3 is 4.74 Å². The minimum Gasteiger partial charge on any atom is -0.364 e. The summed E-state index contributed by atoms with van der Waals surface area (Å²) >= 11 is 22.2. The summed E-state index contributed by atoms with van der Waals surface area (Å²) in [6, 6.07) is 13.2. The van der Waals surface area contributed by atoms with E-state index in [1.165, 1.54) is 33.4 Å². The molecule has 0 spiro atoms. The zero-order chi connectivity index (χ0) is 20.0. The Labute approximate surface area is 213 Å². The smallest absolute Gasteiger partial charge is 0.144 e. The van der Waals surface area contributed by atoms with Gasteiger partial charge in [0.15, 0.2) is 0 Å². The minimum atomic E-state index is -0.676. The van der Waals surface area contributed by atoms with Gasteiger partial charge in [-0.1, -0.05) is 0 Å². The highest BCUT2D eigenvalue weighted by atomic mass is 79.9. The molecule has 0 N–H and O–H groups in total. The Morgan fingerprint density at radius 3 is 1.14 bits per heavy atom. The molecule has 3 aliphatic rings. The first-order valence-corrected chi connectivity index (χ1v) is 13.1. The number of halogens is 6. The van der Waals surface area contributed by atoms with E-state index < -0.39 is 5.60 Å². The Morgan fingerprint density at radius 1 is 0.571 bits per heavy atom. The first-order chi connectivity index (χ1) is 13.3. The predicted octanol–water partition coefficient (Wildman–Crippen LogP) is 9.01. The van der Waals surface area contributed by atoms with Gasteiger partial charge in [-0.05, 0) is 165 Å². The molecule has 28 heavy (non-hydrogen) atoms. The Bertz CT molecular complexity index is 1040. The maximum absolute atomic E-state index is 6.42. The van der Waals surface area contributed by atoms with E-state index >= 15 is 0 Å². The van der Waals surface area contributed by atoms with Gasteiger partial charge in [0.1, 0.15) is 5.60 Å². The summed E-state index contributed by atoms with van der Waals surface area (Å²) in [6.45, 7) is 0. The lowest BCUT2D eigenvalue weighted by atomic mass is 9.58. The van der Waals surface area contributed by atoms with Crippen molar-refractivity contribution in [2.24, 2.45) is 0 Å². The summed E-state index contributed by atoms with van der Waals surface area (Å²) in [5.74, 6) is 0.134. The first-order valence-electron chi connectivity index (χ1n) is 8.33. The molecule has 0 atom stereocenters. The third kappa shape index (κ3) is 2.59. The number of rotatable bonds is 1. The van der Waals surface area contributed by atoms with Gasteiger partial charge >= 0.3 is 0 Å². The molecule has 3 aromatic carbocycles. The fourth-order valence-corrected chi connectivity index (χ4v) is 6.70. The summed E-state index contributed by atoms with van der Waals surface area (Å²) in [7, 11) is 1.80. The molecule has 0 amide bonds. The van der Waals surface area contributed by atoms with E-state index in [0.29, 0.717) is 0 Å². The van der Waals surface area contributed by atoms with E-state index in [9.17, 15) is 0 Å². The molecule has 0 radical (unpaired) electrons. The molecule has 0 aliphatic heterocycles. The molecule has 142 valence electrons. The van der Waals surface area contributed by atoms with Crippen LogP contribution < -0.4 is 0 Å². The van der Waals surface area contributed by atoms with Crippen LogP contribution in [0.5, 0.6) is 0 Å². The maximum Gasteiger partial charge on any atom is 0.144 e. The Kier molecular flexibility index (Phi) is 5.11. The first kappa shape index (κ1) is 20.4. The van der Waals surface area contributed by atoms with Gasteiger partial charge in [-0.25, -0.2) is 0 Å². The lowest BCUT2D eigenvalue weighted by Gasteiger charge is -2.50. The lowest BCUT2D eigenvalue weighted by molar-refractivity contribution is 0.0491. The second-order valence-electron chi connectivity index (χ2n) is 6.88. The zero-order valence-corrected chi connectivity index (χ0v) is 23.7. The topological polar surface area (TPSA) is 9.23 Å². The van der Waals surface area contributed by atoms with Crippen LogP contribution in [0.3, 0.4) is 0 Å². The molecular formula is C21H10Br6O. The van der Waals surface area contributed by atoms with Crippen molar-refractivity contribution in [3.63, 3.8) is 0 Å². The summed E-state index contributed by atoms with van der Waals surface area (Å²) in [6.07, 6.45) is 0. The number of benzene rings is 3. The highest BCUT2D eigenvalue weighted by molar-refractivity contribution is 9.13. The van der Waals surface area contributed by atoms with E-state index in [4.69, 9.17) is 4.74 Å². The number of hydrogen-bond donors (Lipinski definition) is 0. The molecule has 0 saturated carbocycles. The third-order valence-electron chi connectivity index (χ3n) is 5.65. The molecule has 0 aromatic heterocycles. The van der Waals surface area contributed by atoms with Crippen LogP contribution in [0, 0.1) is 0 Å². The molecule has 0 fully saturated rings. The normalized spacial score (nSPS) is 21.3. The van der Waals surface area contributed by atoms with Gasteiger partial charge in [-0.3, -0.25) is 0 Å². The van der Waals surface area contributed by atoms with Crippen molar-refractivity contribution in [3.8, 4) is 0 Å². The van der Waals surface area contributed by atoms with Crippen LogP contribution >= 0.6 is 95.6 Å². The second-order valence-corrected chi connectivity index (χ2v) is 12.0. The Hall–Kier alpha value is 0.500. The lowest BCUT2D eigenvalue weighted by Crippen LogP contribution is -2.43. The average molecular weight is 758 g/mol. The second kappa shape index (κ2) is 7.01. The van der Waals surface area contributed by atoms with Crippen molar-refractivity contribution in [1.82, 2.24) is 0 Å². The largest absolute Gasteiger partial charge is 0.364 e. The van der Waals surface area contributed by atoms with Crippen molar-refractivity contribution in [2.75, 3.05) is 7.11 Å². The predicted molar refractivity (Wildman–Crippen MR) is 133 cm³/mol. The van der Waals surface area contributed by atoms with E-state index in [2.05, 4.69) is 132 Å². The molecule has 3 aliphatic carbocycles. The molecule has 0 saturated heterocycles. The molecule has 6 rings (SSSR count). The highest BCUT2D eigenvalue weighted by Gasteiger charge is 2.53. The van der Waals surface area contributed by atoms with Gasteiger partial charge in [-0.2, -0.15) is 0 Å². The van der Waals surface area contributed by atoms with Crippen molar-refractivity contribution in [3.05, 3.63) is 96.6 Å². The molecule has 7 heteroatoms. The summed E-state index contributed by atoms with van der Waals surface area (Å²) in [5, 5.41) is 0. The summed E-state index contributed by atoms with van der Waals surface area (Å²) in [5.41, 5.74) is 6.65. The van der Waals surface area contributed by atoms with E-state index in [0.717, 1.165) is 26.8 Å². The molecule has 2 bridgehead atoms. The fourth-order valence-electron chi connectivity index (χ4n) is 4.59. The van der Waals surface area contributed by atoms with Crippen LogP contribution in [0.25, 0.3) is 0 Å². The highest BCUT2D eigenvalue weighted by Crippen LogP contribution is 2.61. The van der Waals surface area contributed by atoms with Crippen molar-refractivity contribution < 1.29 is 4.74 Å². The maximum atomic E-state index is 6.42. The number of hydrogen-bond acceptors (Lipinski definition) is 1. The standard InChI is InChI=1S/C21H10Br6O/c1-28-21-11-5-17(25)14(22)2-8(11)20(9-3-15(23)18(26)6-12(9)21)10-4-16(24)19(27)7-13(10)21/h2-7,20H,1H3. The van der Waals surface area contributed by atoms with Crippen molar-refractivity contribution >= 4 is 95.6 Å². The third-order valence-corrected chi connectivity index (χ3v) is 11.2. The number of methoxy groups -OCH3 is 1. The van der Waals surface area contributed by atoms with Crippen LogP contribution in [0.15, 0.2) is 63.2 Å². The van der Waals surface area contributed by atoms with Crippen LogP contribution in [-0.2, 0) is 10.3 Å². The van der Waals surface area contributed by atoms with Gasteiger partial charge in [0.05, 0.1) is 0 Å². The number of ether oxygens (including phenoxy) is 1. The van der Waals surface area contributed by atoms with Gasteiger partial charge in [0.25, 0.3) is 0 Å². The minimum absolute atomic E-state index is 0.134. The van der Waals surface area contributed by atoms with Gasteiger partial charge in [0.2, 0.25) is 0 Å². The Balaban J connectivity index is 2.00. The van der Waals surface area contributed by atoms with E-state index in [1.54, 1.807) is 7.11 Å². The molecule has 0 heterocycles. The van der Waals surface area contributed by atoms with Crippen molar-refractivity contribution in [2.45, 2.75) is 11.5 Å². The van der Waals surface area contributed by atoms with Gasteiger partial charge in [0, 0.05) is 39.9 Å². The van der Waals surface area contributed by atoms with Crippen LogP contribution in [0.1, 0.15) is 39.3 Å². The molecular weight excluding hydrogens is 748 g/mol. The molecule has 3 aromatic rings. The SMILES string of the molecule is COC12c3cc(Br)c(Br)cc3C(c3cc(Br)c(Br)cc31)c1cc(Br)c(Br)cc12. The fraction of sp³-hybridized carbons (Fsp3) is 0.143. The van der Waals surface area contributed by atoms with E-state index in [1.807, 2.05) is 0 Å². The van der Waals surface area contributed by atoms with Crippen LogP contribution in [0.2, 0.25) is 0 Å². The average Bonchev–Trinajstić information content (AvgIpc) is 2.65. The monoisotopic (exact) mass is 752 g/mol. The summed E-state index contributed by atoms with van der Waals surface area (Å²) < 4.78 is 12.6. The van der Waals surface area contributed by atoms with Gasteiger partial charge in [-0.15, -0.1) is 0 Å². The van der Waals surface area contributed by atoms with E-state index in [-0.39, 0.29) is 5.92 Å². The summed E-state index contributed by atoms with van der Waals surface area (Å²) in [4.78, 5) is 0. The quantitative estimate of drug-likeness (QED) is 0.241. The van der Waals surface area contributed by atoms with Crippen LogP contribution in [-0.4, -0.2) is 7.11 Å². The molecule has 0 unspecified atom stereocenters. The Morgan fingerprint density at radius 2 is 0.857 bits per heavy atom. The zero-order valence-electron chi connectivity index (χ0n) is 14.2. The van der Waals surface area contributed by atoms with Crippen molar-refractivity contribution in [1.29, 1.82) is 0 Å². The van der Waals surface area contributed by atoms with Crippen LogP contribution in [0.4, 0.5) is 0 Å².